The van der Waals surface area contributed by atoms with Crippen LogP contribution in [0.3, 0.4) is 0 Å². The first-order chi connectivity index (χ1) is 53.5. The van der Waals surface area contributed by atoms with Crippen molar-refractivity contribution in [3.05, 3.63) is 270 Å². The number of halogens is 5. The molecule has 2 aliphatic heterocycles. The number of nitrogens with one attached hydrogen (secondary N) is 7. The second-order valence-electron chi connectivity index (χ2n) is 25.3. The van der Waals surface area contributed by atoms with E-state index in [2.05, 4.69) is 111 Å². The number of benzene rings is 5. The summed E-state index contributed by atoms with van der Waals surface area (Å²) in [5, 5.41) is 45.7. The summed E-state index contributed by atoms with van der Waals surface area (Å²) >= 11 is 12.0. The Morgan fingerprint density at radius 3 is 1.04 bits per heavy atom. The van der Waals surface area contributed by atoms with Crippen LogP contribution in [0, 0.1) is 24.4 Å². The molecule has 0 amide bonds. The number of hydrogen-bond donors (Lipinski definition) is 9. The van der Waals surface area contributed by atoms with E-state index in [1.807, 2.05) is 85.8 Å². The van der Waals surface area contributed by atoms with E-state index in [1.54, 1.807) is 86.2 Å². The highest BCUT2D eigenvalue weighted by molar-refractivity contribution is 6.31. The number of nitrogens with two attached hydrogens (primary N) is 2. The SMILES string of the molecule is C.C.C.C.C.Cc1nccc(-c2cn[nH]c2-c2ccc(F)cc2)n1.Clc1ccc(-c2n[nH]c(C3CCNCC3)c2-c2ccncn2)cc1.Fc1ccc(-c2n[nH]c(C3CCNCC3)c2-c2ccncn2)cc1.NCCc1[nH]nc(-c2ccc(Cl)cc2)c1-c1ccncn1.NCCc1[nH]nc(-c2ccc(F)cc2)c1-c1ccncn1. The third-order valence-electron chi connectivity index (χ3n) is 18.2. The molecule has 11 N–H and O–H groups in total. The van der Waals surface area contributed by atoms with E-state index in [0.717, 1.165) is 187 Å². The van der Waals surface area contributed by atoms with Crippen LogP contribution in [0.25, 0.3) is 113 Å². The lowest BCUT2D eigenvalue weighted by molar-refractivity contribution is 0.453. The Labute approximate surface area is 672 Å². The van der Waals surface area contributed by atoms with Crippen molar-refractivity contribution in [3.8, 4) is 113 Å². The van der Waals surface area contributed by atoms with Crippen LogP contribution in [-0.4, -0.2) is 140 Å². The molecule has 2 fully saturated rings. The molecule has 0 atom stereocenters. The minimum Gasteiger partial charge on any atom is -0.330 e. The summed E-state index contributed by atoms with van der Waals surface area (Å²) in [4.78, 5) is 41.9. The van der Waals surface area contributed by atoms with Gasteiger partial charge in [0.15, 0.2) is 0 Å². The van der Waals surface area contributed by atoms with Gasteiger partial charge in [-0.05, 0) is 199 Å². The van der Waals surface area contributed by atoms with E-state index in [0.29, 0.717) is 48.6 Å². The van der Waals surface area contributed by atoms with Crippen LogP contribution in [0.15, 0.2) is 214 Å². The fraction of sp³-hybridized carbons (Fsp3) is 0.235. The monoisotopic (exact) mass is 1580 g/mol. The van der Waals surface area contributed by atoms with E-state index in [4.69, 9.17) is 34.7 Å². The Balaban J connectivity index is 0.000000177. The lowest BCUT2D eigenvalue weighted by Gasteiger charge is -2.22. The second kappa shape index (κ2) is 43.0. The number of rotatable bonds is 16. The molecule has 0 saturated carbocycles. The van der Waals surface area contributed by atoms with Crippen molar-refractivity contribution in [1.29, 1.82) is 0 Å². The van der Waals surface area contributed by atoms with Gasteiger partial charge in [0, 0.05) is 144 Å². The van der Waals surface area contributed by atoms with Gasteiger partial charge in [0.25, 0.3) is 0 Å². The van der Waals surface area contributed by atoms with E-state index >= 15 is 0 Å². The third kappa shape index (κ3) is 21.7. The van der Waals surface area contributed by atoms with E-state index < -0.39 is 0 Å². The highest BCUT2D eigenvalue weighted by Gasteiger charge is 2.28. The first-order valence-electron chi connectivity index (χ1n) is 35.3. The minimum atomic E-state index is -0.278. The van der Waals surface area contributed by atoms with Gasteiger partial charge < -0.3 is 22.1 Å². The van der Waals surface area contributed by atoms with Gasteiger partial charge in [0.05, 0.1) is 40.4 Å². The molecule has 10 aromatic heterocycles. The lowest BCUT2D eigenvalue weighted by atomic mass is 9.89. The zero-order valence-corrected chi connectivity index (χ0v) is 60.6. The van der Waals surface area contributed by atoms with Gasteiger partial charge in [-0.15, -0.1) is 0 Å². The molecule has 0 bridgehead atoms. The molecule has 0 spiro atoms. The largest absolute Gasteiger partial charge is 0.330 e. The van der Waals surface area contributed by atoms with Gasteiger partial charge in [-0.2, -0.15) is 25.5 Å². The summed E-state index contributed by atoms with van der Waals surface area (Å²) in [6.07, 6.45) is 22.1. The molecular weight excluding hydrogens is 1490 g/mol. The van der Waals surface area contributed by atoms with Gasteiger partial charge in [-0.1, -0.05) is 84.6 Å². The van der Waals surface area contributed by atoms with Crippen LogP contribution in [0.2, 0.25) is 10.0 Å². The maximum atomic E-state index is 13.3. The highest BCUT2D eigenvalue weighted by Crippen LogP contribution is 2.41. The maximum Gasteiger partial charge on any atom is 0.125 e. The summed E-state index contributed by atoms with van der Waals surface area (Å²) in [7, 11) is 0. The topological polar surface area (TPSA) is 348 Å². The van der Waals surface area contributed by atoms with E-state index in [1.165, 1.54) is 54.7 Å². The van der Waals surface area contributed by atoms with Crippen molar-refractivity contribution >= 4 is 23.2 Å². The first-order valence-corrected chi connectivity index (χ1v) is 36.0. The van der Waals surface area contributed by atoms with Crippen LogP contribution in [0.1, 0.15) is 103 Å². The van der Waals surface area contributed by atoms with Crippen LogP contribution in [0.5, 0.6) is 0 Å². The number of aromatic nitrogens is 20. The quantitative estimate of drug-likeness (QED) is 0.0434. The Kier molecular flexibility index (Phi) is 32.9. The molecule has 24 nitrogen and oxygen atoms in total. The number of piperidine rings is 2. The van der Waals surface area contributed by atoms with Crippen LogP contribution in [-0.2, 0) is 12.8 Å². The van der Waals surface area contributed by atoms with Gasteiger partial charge in [-0.25, -0.2) is 63.0 Å². The first kappa shape index (κ1) is 87.3. The maximum absolute atomic E-state index is 13.3. The third-order valence-corrected chi connectivity index (χ3v) is 18.7. The smallest absolute Gasteiger partial charge is 0.125 e. The molecule has 29 heteroatoms. The Hall–Kier alpha value is -12.2. The lowest BCUT2D eigenvalue weighted by Crippen LogP contribution is -2.27. The Bertz CT molecular complexity index is 5040. The minimum absolute atomic E-state index is 0. The Morgan fingerprint density at radius 1 is 0.377 bits per heavy atom. The number of nitrogens with zero attached hydrogens (tertiary/aromatic N) is 15. The second-order valence-corrected chi connectivity index (χ2v) is 26.1. The zero-order chi connectivity index (χ0) is 75.3. The fourth-order valence-electron chi connectivity index (χ4n) is 12.9. The van der Waals surface area contributed by atoms with Gasteiger partial charge in [0.1, 0.15) is 71.4 Å². The molecule has 15 aromatic rings. The zero-order valence-electron chi connectivity index (χ0n) is 59.1. The number of H-pyrrole nitrogens is 5. The fourth-order valence-corrected chi connectivity index (χ4v) is 13.2. The normalized spacial score (nSPS) is 12.3. The summed E-state index contributed by atoms with van der Waals surface area (Å²) in [6, 6.07) is 43.6. The Morgan fingerprint density at radius 2 is 0.702 bits per heavy atom. The molecule has 0 radical (unpaired) electrons. The average molecular weight is 1580 g/mol. The number of hydrogen-bond acceptors (Lipinski definition) is 19. The summed E-state index contributed by atoms with van der Waals surface area (Å²) in [5.41, 5.74) is 33.1. The van der Waals surface area contributed by atoms with Crippen molar-refractivity contribution < 1.29 is 13.2 Å². The summed E-state index contributed by atoms with van der Waals surface area (Å²) < 4.78 is 39.3. The molecule has 2 saturated heterocycles. The van der Waals surface area contributed by atoms with Crippen molar-refractivity contribution in [2.75, 3.05) is 39.3 Å². The van der Waals surface area contributed by atoms with Crippen LogP contribution >= 0.6 is 23.2 Å². The molecule has 0 unspecified atom stereocenters. The molecule has 12 heterocycles. The predicted molar refractivity (Wildman–Crippen MR) is 449 cm³/mol. The molecule has 2 aliphatic rings. The van der Waals surface area contributed by atoms with Gasteiger partial charge in [-0.3, -0.25) is 25.5 Å². The molecule has 590 valence electrons. The summed E-state index contributed by atoms with van der Waals surface area (Å²) in [5.74, 6) is 0.783. The van der Waals surface area contributed by atoms with Crippen LogP contribution in [0.4, 0.5) is 13.2 Å². The van der Waals surface area contributed by atoms with Gasteiger partial charge in [0.2, 0.25) is 0 Å². The van der Waals surface area contributed by atoms with Crippen molar-refractivity contribution in [3.63, 3.8) is 0 Å². The molecule has 0 aliphatic carbocycles. The number of aryl methyl sites for hydroxylation is 1. The van der Waals surface area contributed by atoms with E-state index in [-0.39, 0.29) is 54.6 Å². The molecule has 114 heavy (non-hydrogen) atoms. The van der Waals surface area contributed by atoms with Crippen molar-refractivity contribution in [2.24, 2.45) is 11.5 Å². The molecular formula is C85H95Cl2F3N24. The molecule has 17 rings (SSSR count). The summed E-state index contributed by atoms with van der Waals surface area (Å²) in [6.45, 7) is 6.94. The predicted octanol–water partition coefficient (Wildman–Crippen LogP) is 17.8. The average Bonchev–Trinajstić information content (AvgIpc) is 1.62. The van der Waals surface area contributed by atoms with E-state index in [9.17, 15) is 13.2 Å². The standard InChI is InChI=1S/C18H18ClN5.C18H18FN5.C15H14ClN5.C15H14FN5.C14H11FN4.5CH4/c2*19-14-3-1-12(2-4-14)17-16(15-7-10-21-11-22-15)18(24-23-17)13-5-8-20-9-6-13;2*16-11-3-1-10(2-4-11)15-14(12-6-8-18-9-19-12)13(5-7-17)20-21-15;1-9-16-7-6-13(18-9)12-8-17-19-14(12)10-2-4-11(15)5-3-10;;;;;/h2*1-4,7,10-11,13,20H,5-6,8-9H2,(H,23,24);2*1-4,6,8-9H,5,7,17H2,(H,20,21);2-8H,1H3,(H,17,19);5*1H4. The van der Waals surface area contributed by atoms with Crippen molar-refractivity contribution in [1.82, 2.24) is 111 Å². The van der Waals surface area contributed by atoms with Gasteiger partial charge >= 0.3 is 0 Å². The van der Waals surface area contributed by atoms with Crippen LogP contribution < -0.4 is 22.1 Å². The number of aromatic amines is 5. The highest BCUT2D eigenvalue weighted by atomic mass is 35.5. The van der Waals surface area contributed by atoms with Crippen molar-refractivity contribution in [2.45, 2.75) is 94.4 Å². The molecule has 5 aromatic carbocycles.